The van der Waals surface area contributed by atoms with Gasteiger partial charge < -0.3 is 4.74 Å². The summed E-state index contributed by atoms with van der Waals surface area (Å²) in [4.78, 5) is 0. The van der Waals surface area contributed by atoms with Gasteiger partial charge in [0.25, 0.3) is 0 Å². The summed E-state index contributed by atoms with van der Waals surface area (Å²) in [7, 11) is -0.509. The molecular weight excluding hydrogens is 236 g/mol. The van der Waals surface area contributed by atoms with Crippen LogP contribution in [-0.4, -0.2) is 21.7 Å². The lowest BCUT2D eigenvalue weighted by Crippen LogP contribution is -2.26. The van der Waals surface area contributed by atoms with Gasteiger partial charge in [0.05, 0.1) is 0 Å². The van der Waals surface area contributed by atoms with E-state index in [2.05, 4.69) is 57.4 Å². The molecule has 0 amide bonds. The zero-order valence-electron chi connectivity index (χ0n) is 12.3. The predicted molar refractivity (Wildman–Crippen MR) is 82.2 cm³/mol. The Morgan fingerprint density at radius 1 is 1.28 bits per heavy atom. The van der Waals surface area contributed by atoms with E-state index in [-0.39, 0.29) is 5.60 Å². The molecule has 1 nitrogen and oxygen atoms in total. The number of hydrogen-bond acceptors (Lipinski definition) is 1. The maximum Gasteiger partial charge on any atom is 0.138 e. The number of hydrogen-bond donors (Lipinski definition) is 0. The second-order valence-corrected chi connectivity index (χ2v) is 6.32. The van der Waals surface area contributed by atoms with Crippen molar-refractivity contribution in [2.45, 2.75) is 46.6 Å². The first kappa shape index (κ1) is 15.0. The van der Waals surface area contributed by atoms with E-state index in [1.807, 2.05) is 6.92 Å². The zero-order valence-corrected chi connectivity index (χ0v) is 13.7. The van der Waals surface area contributed by atoms with E-state index < -0.39 is 9.52 Å². The van der Waals surface area contributed by atoms with Crippen molar-refractivity contribution >= 4 is 14.7 Å². The number of ether oxygens (including phenoxy) is 1. The predicted octanol–water partition coefficient (Wildman–Crippen LogP) is 2.26. The van der Waals surface area contributed by atoms with Gasteiger partial charge in [0.2, 0.25) is 0 Å². The lowest BCUT2D eigenvalue weighted by Gasteiger charge is -2.21. The van der Waals surface area contributed by atoms with Gasteiger partial charge in [-0.2, -0.15) is 0 Å². The Kier molecular flexibility index (Phi) is 5.65. The SMILES string of the molecule is CCOC(C)(C#C[SiH2]c1cccc(C)c1C)CC. The average molecular weight is 260 g/mol. The van der Waals surface area contributed by atoms with Crippen LogP contribution in [0.1, 0.15) is 38.3 Å². The van der Waals surface area contributed by atoms with Gasteiger partial charge in [-0.3, -0.25) is 0 Å². The summed E-state index contributed by atoms with van der Waals surface area (Å²) in [6.07, 6.45) is 0.940. The largest absolute Gasteiger partial charge is 0.363 e. The number of rotatable bonds is 4. The van der Waals surface area contributed by atoms with Gasteiger partial charge in [-0.25, -0.2) is 0 Å². The van der Waals surface area contributed by atoms with E-state index in [4.69, 9.17) is 4.74 Å². The van der Waals surface area contributed by atoms with Crippen molar-refractivity contribution in [2.24, 2.45) is 0 Å². The van der Waals surface area contributed by atoms with Crippen LogP contribution in [-0.2, 0) is 4.74 Å². The smallest absolute Gasteiger partial charge is 0.138 e. The summed E-state index contributed by atoms with van der Waals surface area (Å²) in [6, 6.07) is 6.51. The minimum Gasteiger partial charge on any atom is -0.363 e. The molecule has 1 unspecified atom stereocenters. The molecule has 1 atom stereocenters. The third-order valence-electron chi connectivity index (χ3n) is 3.49. The lowest BCUT2D eigenvalue weighted by molar-refractivity contribution is 0.0189. The molecule has 0 aliphatic rings. The fourth-order valence-electron chi connectivity index (χ4n) is 1.87. The van der Waals surface area contributed by atoms with E-state index in [0.717, 1.165) is 13.0 Å². The van der Waals surface area contributed by atoms with Crippen molar-refractivity contribution in [1.82, 2.24) is 0 Å². The average Bonchev–Trinajstić information content (AvgIpc) is 2.35. The van der Waals surface area contributed by atoms with Gasteiger partial charge >= 0.3 is 0 Å². The lowest BCUT2D eigenvalue weighted by atomic mass is 10.1. The molecule has 0 N–H and O–H groups in total. The first-order valence-corrected chi connectivity index (χ1v) is 8.13. The van der Waals surface area contributed by atoms with Crippen molar-refractivity contribution in [1.29, 1.82) is 0 Å². The van der Waals surface area contributed by atoms with Crippen molar-refractivity contribution in [3.8, 4) is 11.5 Å². The van der Waals surface area contributed by atoms with E-state index in [1.54, 1.807) is 0 Å². The molecule has 18 heavy (non-hydrogen) atoms. The number of aryl methyl sites for hydroxylation is 1. The maximum absolute atomic E-state index is 5.72. The third kappa shape index (κ3) is 4.01. The molecule has 0 saturated carbocycles. The van der Waals surface area contributed by atoms with Crippen LogP contribution in [0.25, 0.3) is 0 Å². The van der Waals surface area contributed by atoms with Gasteiger partial charge in [0.1, 0.15) is 15.1 Å². The molecule has 0 aliphatic heterocycles. The van der Waals surface area contributed by atoms with Crippen LogP contribution in [0.4, 0.5) is 0 Å². The molecule has 1 aromatic carbocycles. The van der Waals surface area contributed by atoms with Crippen molar-refractivity contribution in [3.63, 3.8) is 0 Å². The monoisotopic (exact) mass is 260 g/mol. The first-order chi connectivity index (χ1) is 8.52. The molecule has 2 heteroatoms. The number of benzene rings is 1. The van der Waals surface area contributed by atoms with Gasteiger partial charge in [0.15, 0.2) is 0 Å². The van der Waals surface area contributed by atoms with E-state index in [1.165, 1.54) is 16.3 Å². The van der Waals surface area contributed by atoms with Gasteiger partial charge in [0, 0.05) is 6.61 Å². The van der Waals surface area contributed by atoms with E-state index in [9.17, 15) is 0 Å². The molecule has 98 valence electrons. The second kappa shape index (κ2) is 6.77. The van der Waals surface area contributed by atoms with Crippen LogP contribution in [0, 0.1) is 25.3 Å². The highest BCUT2D eigenvalue weighted by atomic mass is 28.2. The Morgan fingerprint density at radius 3 is 2.61 bits per heavy atom. The van der Waals surface area contributed by atoms with Crippen molar-refractivity contribution in [2.75, 3.05) is 6.61 Å². The summed E-state index contributed by atoms with van der Waals surface area (Å²) in [5.74, 6) is 3.33. The molecule has 0 heterocycles. The van der Waals surface area contributed by atoms with Crippen LogP contribution < -0.4 is 5.19 Å². The fourth-order valence-corrected chi connectivity index (χ4v) is 3.33. The highest BCUT2D eigenvalue weighted by Crippen LogP contribution is 2.13. The van der Waals surface area contributed by atoms with Crippen LogP contribution in [0.3, 0.4) is 0 Å². The zero-order chi connectivity index (χ0) is 13.6. The molecule has 0 bridgehead atoms. The molecule has 0 aromatic heterocycles. The summed E-state index contributed by atoms with van der Waals surface area (Å²) in [5.41, 5.74) is 5.92. The topological polar surface area (TPSA) is 9.23 Å². The molecule has 0 saturated heterocycles. The Balaban J connectivity index is 2.79. The molecule has 1 aromatic rings. The Labute approximate surface area is 114 Å². The summed E-state index contributed by atoms with van der Waals surface area (Å²) < 4.78 is 5.72. The van der Waals surface area contributed by atoms with Crippen LogP contribution in [0.2, 0.25) is 0 Å². The summed E-state index contributed by atoms with van der Waals surface area (Å²) >= 11 is 0. The van der Waals surface area contributed by atoms with Gasteiger partial charge in [-0.05, 0) is 50.4 Å². The third-order valence-corrected chi connectivity index (χ3v) is 4.99. The minimum absolute atomic E-state index is 0.264. The summed E-state index contributed by atoms with van der Waals surface area (Å²) in [6.45, 7) is 11.3. The molecule has 0 radical (unpaired) electrons. The normalized spacial score (nSPS) is 14.3. The molecule has 0 aliphatic carbocycles. The summed E-state index contributed by atoms with van der Waals surface area (Å²) in [5, 5.41) is 1.46. The fraction of sp³-hybridized carbons (Fsp3) is 0.500. The Morgan fingerprint density at radius 2 is 2.00 bits per heavy atom. The van der Waals surface area contributed by atoms with Gasteiger partial charge in [-0.1, -0.05) is 31.0 Å². The standard InChI is InChI=1S/C16H24OSi/c1-6-16(5,17-7-2)11-12-18-15-10-8-9-13(3)14(15)4/h8-10H,6-7,18H2,1-5H3. The van der Waals surface area contributed by atoms with E-state index in [0.29, 0.717) is 0 Å². The maximum atomic E-state index is 5.72. The quantitative estimate of drug-likeness (QED) is 0.596. The second-order valence-electron chi connectivity index (χ2n) is 4.86. The highest BCUT2D eigenvalue weighted by Gasteiger charge is 2.17. The highest BCUT2D eigenvalue weighted by molar-refractivity contribution is 6.62. The molecule has 1 rings (SSSR count). The van der Waals surface area contributed by atoms with Crippen LogP contribution in [0.5, 0.6) is 0 Å². The van der Waals surface area contributed by atoms with Crippen LogP contribution in [0.15, 0.2) is 18.2 Å². The minimum atomic E-state index is -0.509. The van der Waals surface area contributed by atoms with E-state index >= 15 is 0 Å². The van der Waals surface area contributed by atoms with Crippen LogP contribution >= 0.6 is 0 Å². The van der Waals surface area contributed by atoms with Crippen molar-refractivity contribution in [3.05, 3.63) is 29.3 Å². The first-order valence-electron chi connectivity index (χ1n) is 6.71. The molecule has 0 spiro atoms. The van der Waals surface area contributed by atoms with Crippen molar-refractivity contribution < 1.29 is 4.74 Å². The molecule has 0 fully saturated rings. The Hall–Kier alpha value is -1.04. The molecular formula is C16H24OSi. The van der Waals surface area contributed by atoms with Gasteiger partial charge in [-0.15, -0.1) is 5.54 Å². The Bertz CT molecular complexity index is 456.